The second-order valence-corrected chi connectivity index (χ2v) is 6.98. The quantitative estimate of drug-likeness (QED) is 0.471. The van der Waals surface area contributed by atoms with Crippen molar-refractivity contribution in [2.24, 2.45) is 16.5 Å². The molecule has 1 fully saturated rings. The highest BCUT2D eigenvalue weighted by molar-refractivity contribution is 5.91. The summed E-state index contributed by atoms with van der Waals surface area (Å²) in [5.74, 6) is 0.0668. The van der Waals surface area contributed by atoms with E-state index in [1.165, 1.54) is 24.3 Å². The van der Waals surface area contributed by atoms with Gasteiger partial charge in [0.25, 0.3) is 5.69 Å². The zero-order valence-corrected chi connectivity index (χ0v) is 13.7. The van der Waals surface area contributed by atoms with Gasteiger partial charge >= 0.3 is 5.97 Å². The van der Waals surface area contributed by atoms with E-state index in [1.54, 1.807) is 0 Å². The summed E-state index contributed by atoms with van der Waals surface area (Å²) in [6, 6.07) is 5.30. The molecule has 1 aromatic carbocycles. The summed E-state index contributed by atoms with van der Waals surface area (Å²) in [6.07, 6.45) is 3.79. The summed E-state index contributed by atoms with van der Waals surface area (Å²) in [6.45, 7) is 6.73. The molecule has 23 heavy (non-hydrogen) atoms. The largest absolute Gasteiger partial charge is 0.365 e. The lowest BCUT2D eigenvalue weighted by Gasteiger charge is -2.33. The minimum atomic E-state index is -0.592. The van der Waals surface area contributed by atoms with Gasteiger partial charge in [-0.05, 0) is 49.1 Å². The fourth-order valence-electron chi connectivity index (χ4n) is 2.79. The summed E-state index contributed by atoms with van der Waals surface area (Å²) < 4.78 is 0. The van der Waals surface area contributed by atoms with Crippen LogP contribution < -0.4 is 0 Å². The first-order chi connectivity index (χ1) is 10.8. The molecule has 0 bridgehead atoms. The van der Waals surface area contributed by atoms with Gasteiger partial charge in [-0.2, -0.15) is 0 Å². The van der Waals surface area contributed by atoms with Crippen LogP contribution in [0.2, 0.25) is 0 Å². The molecule has 0 spiro atoms. The maximum Gasteiger partial charge on any atom is 0.365 e. The number of carbonyl (C=O) groups excluding carboxylic acids is 1. The predicted octanol–water partition coefficient (Wildman–Crippen LogP) is 4.34. The molecule has 6 heteroatoms. The smallest absolute Gasteiger partial charge is 0.313 e. The molecule has 6 nitrogen and oxygen atoms in total. The Morgan fingerprint density at radius 1 is 1.22 bits per heavy atom. The number of carbonyl (C=O) groups is 1. The third-order valence-electron chi connectivity index (χ3n) is 4.36. The molecule has 1 aliphatic rings. The van der Waals surface area contributed by atoms with Gasteiger partial charge in [0.1, 0.15) is 0 Å². The number of hydrogen-bond donors (Lipinski definition) is 0. The molecule has 1 aromatic rings. The molecular weight excluding hydrogens is 296 g/mol. The van der Waals surface area contributed by atoms with E-state index in [1.807, 2.05) is 0 Å². The van der Waals surface area contributed by atoms with Gasteiger partial charge in [0.15, 0.2) is 0 Å². The average Bonchev–Trinajstić information content (AvgIpc) is 2.52. The number of hydrogen-bond acceptors (Lipinski definition) is 5. The van der Waals surface area contributed by atoms with Crippen LogP contribution in [0.1, 0.15) is 56.8 Å². The van der Waals surface area contributed by atoms with Gasteiger partial charge in [-0.1, -0.05) is 25.9 Å². The summed E-state index contributed by atoms with van der Waals surface area (Å²) in [5, 5.41) is 14.5. The minimum absolute atomic E-state index is 0.0617. The maximum atomic E-state index is 11.9. The van der Waals surface area contributed by atoms with E-state index in [4.69, 9.17) is 4.84 Å². The van der Waals surface area contributed by atoms with E-state index < -0.39 is 10.9 Å². The van der Waals surface area contributed by atoms with Crippen molar-refractivity contribution in [1.29, 1.82) is 0 Å². The van der Waals surface area contributed by atoms with Crippen molar-refractivity contribution in [2.45, 2.75) is 46.5 Å². The molecule has 0 amide bonds. The Bertz CT molecular complexity index is 604. The number of nitro benzene ring substituents is 1. The SMILES string of the molecule is CC(C)(C)C1CCC(=NOC(=O)c2ccc([N+](=O)[O-])cc2)CC1. The van der Waals surface area contributed by atoms with Crippen molar-refractivity contribution in [3.63, 3.8) is 0 Å². The molecule has 124 valence electrons. The van der Waals surface area contributed by atoms with Crippen molar-refractivity contribution in [2.75, 3.05) is 0 Å². The van der Waals surface area contributed by atoms with Gasteiger partial charge in [-0.15, -0.1) is 0 Å². The van der Waals surface area contributed by atoms with Gasteiger partial charge < -0.3 is 4.84 Å². The van der Waals surface area contributed by atoms with Crippen LogP contribution in [0.5, 0.6) is 0 Å². The third kappa shape index (κ3) is 4.61. The maximum absolute atomic E-state index is 11.9. The number of nitro groups is 1. The normalized spacial score (nSPS) is 18.4. The molecule has 1 aliphatic carbocycles. The highest BCUT2D eigenvalue weighted by Crippen LogP contribution is 2.36. The topological polar surface area (TPSA) is 81.8 Å². The predicted molar refractivity (Wildman–Crippen MR) is 87.4 cm³/mol. The Kier molecular flexibility index (Phi) is 5.13. The molecule has 0 radical (unpaired) electrons. The van der Waals surface area contributed by atoms with Gasteiger partial charge in [0, 0.05) is 12.1 Å². The van der Waals surface area contributed by atoms with Crippen molar-refractivity contribution >= 4 is 17.4 Å². The van der Waals surface area contributed by atoms with Crippen LogP contribution in [-0.2, 0) is 4.84 Å². The molecule has 2 rings (SSSR count). The highest BCUT2D eigenvalue weighted by atomic mass is 16.7. The number of nitrogens with zero attached hydrogens (tertiary/aromatic N) is 2. The summed E-state index contributed by atoms with van der Waals surface area (Å²) >= 11 is 0. The molecule has 0 heterocycles. The lowest BCUT2D eigenvalue weighted by Crippen LogP contribution is -2.26. The summed E-state index contributed by atoms with van der Waals surface area (Å²) in [4.78, 5) is 26.9. The van der Waals surface area contributed by atoms with Crippen LogP contribution >= 0.6 is 0 Å². The number of non-ortho nitro benzene ring substituents is 1. The first-order valence-electron chi connectivity index (χ1n) is 7.79. The number of oxime groups is 1. The van der Waals surface area contributed by atoms with E-state index >= 15 is 0 Å². The molecule has 1 saturated carbocycles. The van der Waals surface area contributed by atoms with Crippen LogP contribution in [-0.4, -0.2) is 16.6 Å². The average molecular weight is 318 g/mol. The van der Waals surface area contributed by atoms with Crippen molar-refractivity contribution in [3.05, 3.63) is 39.9 Å². The first kappa shape index (κ1) is 17.1. The standard InChI is InChI=1S/C17H22N2O4/c1-17(2,3)13-6-8-14(9-7-13)18-23-16(20)12-4-10-15(11-5-12)19(21)22/h4-5,10-11,13H,6-9H2,1-3H3. The van der Waals surface area contributed by atoms with Crippen LogP contribution in [0.15, 0.2) is 29.4 Å². The van der Waals surface area contributed by atoms with Crippen LogP contribution in [0.4, 0.5) is 5.69 Å². The van der Waals surface area contributed by atoms with Crippen molar-refractivity contribution < 1.29 is 14.6 Å². The fourth-order valence-corrected chi connectivity index (χ4v) is 2.79. The number of rotatable bonds is 3. The van der Waals surface area contributed by atoms with E-state index in [-0.39, 0.29) is 11.3 Å². The molecule has 0 aromatic heterocycles. The zero-order valence-electron chi connectivity index (χ0n) is 13.7. The van der Waals surface area contributed by atoms with Gasteiger partial charge in [-0.25, -0.2) is 4.79 Å². The summed E-state index contributed by atoms with van der Waals surface area (Å²) in [7, 11) is 0. The highest BCUT2D eigenvalue weighted by Gasteiger charge is 2.28. The Morgan fingerprint density at radius 3 is 2.26 bits per heavy atom. The fraction of sp³-hybridized carbons (Fsp3) is 0.529. The second-order valence-electron chi connectivity index (χ2n) is 6.98. The zero-order chi connectivity index (χ0) is 17.0. The molecule has 0 N–H and O–H groups in total. The molecule has 0 saturated heterocycles. The summed E-state index contributed by atoms with van der Waals surface area (Å²) in [5.41, 5.74) is 1.39. The first-order valence-corrected chi connectivity index (χ1v) is 7.79. The van der Waals surface area contributed by atoms with E-state index in [9.17, 15) is 14.9 Å². The van der Waals surface area contributed by atoms with Crippen LogP contribution in [0, 0.1) is 21.4 Å². The molecule has 0 unspecified atom stereocenters. The lowest BCUT2D eigenvalue weighted by atomic mass is 9.72. The van der Waals surface area contributed by atoms with Crippen LogP contribution in [0.3, 0.4) is 0 Å². The van der Waals surface area contributed by atoms with E-state index in [0.29, 0.717) is 11.3 Å². The van der Waals surface area contributed by atoms with Gasteiger partial charge in [-0.3, -0.25) is 10.1 Å². The van der Waals surface area contributed by atoms with Crippen LogP contribution in [0.25, 0.3) is 0 Å². The van der Waals surface area contributed by atoms with Gasteiger partial charge in [0.2, 0.25) is 0 Å². The Labute approximate surface area is 135 Å². The molecular formula is C17H22N2O4. The monoisotopic (exact) mass is 318 g/mol. The van der Waals surface area contributed by atoms with E-state index in [2.05, 4.69) is 25.9 Å². The lowest BCUT2D eigenvalue weighted by molar-refractivity contribution is -0.384. The molecule has 0 aliphatic heterocycles. The second kappa shape index (κ2) is 6.89. The Morgan fingerprint density at radius 2 is 1.78 bits per heavy atom. The third-order valence-corrected chi connectivity index (χ3v) is 4.36. The number of benzene rings is 1. The van der Waals surface area contributed by atoms with Crippen molar-refractivity contribution in [3.8, 4) is 0 Å². The molecule has 0 atom stereocenters. The Hall–Kier alpha value is -2.24. The minimum Gasteiger partial charge on any atom is -0.313 e. The van der Waals surface area contributed by atoms with Crippen molar-refractivity contribution in [1.82, 2.24) is 0 Å². The Balaban J connectivity index is 1.90. The van der Waals surface area contributed by atoms with Gasteiger partial charge in [0.05, 0.1) is 16.2 Å². The van der Waals surface area contributed by atoms with E-state index in [0.717, 1.165) is 31.4 Å².